The van der Waals surface area contributed by atoms with Crippen LogP contribution in [0.25, 0.3) is 0 Å². The lowest BCUT2D eigenvalue weighted by Gasteiger charge is -2.27. The molecule has 1 heterocycles. The van der Waals surface area contributed by atoms with Crippen LogP contribution in [0, 0.1) is 5.92 Å². The molecule has 0 spiro atoms. The van der Waals surface area contributed by atoms with Crippen LogP contribution in [0.5, 0.6) is 5.75 Å². The molecule has 2 N–H and O–H groups in total. The van der Waals surface area contributed by atoms with E-state index in [2.05, 4.69) is 29.7 Å². The van der Waals surface area contributed by atoms with Gasteiger partial charge in [-0.2, -0.15) is 0 Å². The number of amides is 1. The SMILES string of the molecule is CC(CCc1ccc(OC(C)C)cc1)NC(=O)C1CNC1. The minimum Gasteiger partial charge on any atom is -0.491 e. The lowest BCUT2D eigenvalue weighted by atomic mass is 10.0. The van der Waals surface area contributed by atoms with Crippen molar-refractivity contribution in [2.45, 2.75) is 45.8 Å². The van der Waals surface area contributed by atoms with Crippen LogP contribution in [-0.2, 0) is 11.2 Å². The summed E-state index contributed by atoms with van der Waals surface area (Å²) in [6, 6.07) is 8.44. The third-order valence-electron chi connectivity index (χ3n) is 3.70. The zero-order valence-corrected chi connectivity index (χ0v) is 13.2. The molecule has 1 fully saturated rings. The Morgan fingerprint density at radius 1 is 1.29 bits per heavy atom. The van der Waals surface area contributed by atoms with Crippen molar-refractivity contribution >= 4 is 5.91 Å². The van der Waals surface area contributed by atoms with Gasteiger partial charge >= 0.3 is 0 Å². The summed E-state index contributed by atoms with van der Waals surface area (Å²) in [6.45, 7) is 7.75. The van der Waals surface area contributed by atoms with Gasteiger partial charge < -0.3 is 15.4 Å². The summed E-state index contributed by atoms with van der Waals surface area (Å²) >= 11 is 0. The van der Waals surface area contributed by atoms with Gasteiger partial charge in [-0.15, -0.1) is 0 Å². The number of nitrogens with one attached hydrogen (secondary N) is 2. The minimum atomic E-state index is 0.167. The lowest BCUT2D eigenvalue weighted by molar-refractivity contribution is -0.127. The van der Waals surface area contributed by atoms with E-state index in [4.69, 9.17) is 4.74 Å². The van der Waals surface area contributed by atoms with Crippen molar-refractivity contribution in [3.63, 3.8) is 0 Å². The first kappa shape index (κ1) is 15.8. The van der Waals surface area contributed by atoms with Crippen LogP contribution in [0.4, 0.5) is 0 Å². The highest BCUT2D eigenvalue weighted by atomic mass is 16.5. The van der Waals surface area contributed by atoms with Crippen molar-refractivity contribution in [1.29, 1.82) is 0 Å². The maximum Gasteiger partial charge on any atom is 0.225 e. The summed E-state index contributed by atoms with van der Waals surface area (Å²) in [7, 11) is 0. The molecule has 1 atom stereocenters. The van der Waals surface area contributed by atoms with Crippen molar-refractivity contribution < 1.29 is 9.53 Å². The van der Waals surface area contributed by atoms with Crippen LogP contribution < -0.4 is 15.4 Å². The van der Waals surface area contributed by atoms with Crippen LogP contribution in [-0.4, -0.2) is 31.1 Å². The van der Waals surface area contributed by atoms with Crippen molar-refractivity contribution in [3.8, 4) is 5.75 Å². The smallest absolute Gasteiger partial charge is 0.225 e. The molecular weight excluding hydrogens is 264 g/mol. The molecule has 0 bridgehead atoms. The number of rotatable bonds is 7. The molecule has 116 valence electrons. The van der Waals surface area contributed by atoms with E-state index in [1.54, 1.807) is 0 Å². The van der Waals surface area contributed by atoms with Gasteiger partial charge in [0, 0.05) is 19.1 Å². The Labute approximate surface area is 127 Å². The molecule has 1 amide bonds. The van der Waals surface area contributed by atoms with Gasteiger partial charge in [0.05, 0.1) is 12.0 Å². The summed E-state index contributed by atoms with van der Waals surface area (Å²) in [5, 5.41) is 6.21. The molecule has 2 rings (SSSR count). The van der Waals surface area contributed by atoms with Gasteiger partial charge in [-0.05, 0) is 51.3 Å². The number of ether oxygens (including phenoxy) is 1. The van der Waals surface area contributed by atoms with E-state index in [1.165, 1.54) is 5.56 Å². The van der Waals surface area contributed by atoms with Crippen LogP contribution in [0.1, 0.15) is 32.8 Å². The van der Waals surface area contributed by atoms with E-state index < -0.39 is 0 Å². The summed E-state index contributed by atoms with van der Waals surface area (Å²) in [4.78, 5) is 11.8. The molecule has 4 nitrogen and oxygen atoms in total. The van der Waals surface area contributed by atoms with Crippen LogP contribution in [0.3, 0.4) is 0 Å². The highest BCUT2D eigenvalue weighted by Gasteiger charge is 2.25. The Morgan fingerprint density at radius 3 is 2.48 bits per heavy atom. The molecule has 1 aromatic rings. The van der Waals surface area contributed by atoms with E-state index >= 15 is 0 Å². The average Bonchev–Trinajstić information content (AvgIpc) is 2.35. The van der Waals surface area contributed by atoms with Gasteiger partial charge in [0.25, 0.3) is 0 Å². The minimum absolute atomic E-state index is 0.167. The number of benzene rings is 1. The topological polar surface area (TPSA) is 50.4 Å². The second-order valence-corrected chi connectivity index (χ2v) is 6.11. The van der Waals surface area contributed by atoms with Crippen molar-refractivity contribution in [2.24, 2.45) is 5.92 Å². The molecule has 1 aliphatic rings. The maximum absolute atomic E-state index is 11.8. The van der Waals surface area contributed by atoms with Gasteiger partial charge in [-0.3, -0.25) is 4.79 Å². The van der Waals surface area contributed by atoms with Crippen LogP contribution in [0.15, 0.2) is 24.3 Å². The molecule has 0 aromatic heterocycles. The predicted octanol–water partition coefficient (Wildman–Crippen LogP) is 2.13. The first-order chi connectivity index (χ1) is 10.0. The van der Waals surface area contributed by atoms with Gasteiger partial charge in [0.2, 0.25) is 5.91 Å². The Bertz CT molecular complexity index is 452. The standard InChI is InChI=1S/C17H26N2O2/c1-12(2)21-16-8-6-14(7-9-16)5-4-13(3)19-17(20)15-10-18-11-15/h6-9,12-13,15,18H,4-5,10-11H2,1-3H3,(H,19,20). The summed E-state index contributed by atoms with van der Waals surface area (Å²) in [5.74, 6) is 1.26. The quantitative estimate of drug-likeness (QED) is 0.809. The average molecular weight is 290 g/mol. The monoisotopic (exact) mass is 290 g/mol. The summed E-state index contributed by atoms with van der Waals surface area (Å²) in [6.07, 6.45) is 2.12. The van der Waals surface area contributed by atoms with Gasteiger partial charge in [0.1, 0.15) is 5.75 Å². The highest BCUT2D eigenvalue weighted by Crippen LogP contribution is 2.15. The first-order valence-corrected chi connectivity index (χ1v) is 7.81. The number of carbonyl (C=O) groups is 1. The van der Waals surface area contributed by atoms with Crippen molar-refractivity contribution in [2.75, 3.05) is 13.1 Å². The number of aryl methyl sites for hydroxylation is 1. The van der Waals surface area contributed by atoms with E-state index in [-0.39, 0.29) is 24.0 Å². The zero-order chi connectivity index (χ0) is 15.2. The van der Waals surface area contributed by atoms with Gasteiger partial charge in [0.15, 0.2) is 0 Å². The number of hydrogen-bond donors (Lipinski definition) is 2. The van der Waals surface area contributed by atoms with Gasteiger partial charge in [-0.1, -0.05) is 12.1 Å². The predicted molar refractivity (Wildman–Crippen MR) is 84.5 cm³/mol. The molecule has 1 aromatic carbocycles. The van der Waals surface area contributed by atoms with E-state index in [0.29, 0.717) is 0 Å². The molecule has 0 radical (unpaired) electrons. The maximum atomic E-state index is 11.8. The normalized spacial score (nSPS) is 16.4. The lowest BCUT2D eigenvalue weighted by Crippen LogP contribution is -2.52. The van der Waals surface area contributed by atoms with E-state index in [1.807, 2.05) is 26.0 Å². The number of carbonyl (C=O) groups excluding carboxylic acids is 1. The third-order valence-corrected chi connectivity index (χ3v) is 3.70. The summed E-state index contributed by atoms with van der Waals surface area (Å²) < 4.78 is 5.63. The largest absolute Gasteiger partial charge is 0.491 e. The van der Waals surface area contributed by atoms with Crippen molar-refractivity contribution in [1.82, 2.24) is 10.6 Å². The molecule has 21 heavy (non-hydrogen) atoms. The fourth-order valence-corrected chi connectivity index (χ4v) is 2.30. The molecule has 0 saturated carbocycles. The molecule has 0 aliphatic carbocycles. The highest BCUT2D eigenvalue weighted by molar-refractivity contribution is 5.80. The Morgan fingerprint density at radius 2 is 1.95 bits per heavy atom. The first-order valence-electron chi connectivity index (χ1n) is 7.81. The second-order valence-electron chi connectivity index (χ2n) is 6.11. The van der Waals surface area contributed by atoms with Gasteiger partial charge in [-0.25, -0.2) is 0 Å². The number of hydrogen-bond acceptors (Lipinski definition) is 3. The molecule has 1 aliphatic heterocycles. The third kappa shape index (κ3) is 5.05. The summed E-state index contributed by atoms with van der Waals surface area (Å²) in [5.41, 5.74) is 1.28. The zero-order valence-electron chi connectivity index (χ0n) is 13.2. The van der Waals surface area contributed by atoms with Crippen LogP contribution >= 0.6 is 0 Å². The Kier molecular flexibility index (Phi) is 5.62. The Balaban J connectivity index is 1.72. The fourth-order valence-electron chi connectivity index (χ4n) is 2.30. The van der Waals surface area contributed by atoms with Crippen LogP contribution in [0.2, 0.25) is 0 Å². The van der Waals surface area contributed by atoms with Crippen molar-refractivity contribution in [3.05, 3.63) is 29.8 Å². The Hall–Kier alpha value is -1.55. The molecular formula is C17H26N2O2. The fraction of sp³-hybridized carbons (Fsp3) is 0.588. The molecule has 1 saturated heterocycles. The second kappa shape index (κ2) is 7.46. The van der Waals surface area contributed by atoms with E-state index in [9.17, 15) is 4.79 Å². The molecule has 4 heteroatoms. The van der Waals surface area contributed by atoms with E-state index in [0.717, 1.165) is 31.7 Å². The molecule has 1 unspecified atom stereocenters.